The molecule has 0 unspecified atom stereocenters. The largest absolute Gasteiger partial charge is 0.0622 e. The minimum atomic E-state index is 0.410. The minimum Gasteiger partial charge on any atom is -0.0622 e. The Balaban J connectivity index is 2.01. The van der Waals surface area contributed by atoms with Gasteiger partial charge in [-0.2, -0.15) is 0 Å². The highest BCUT2D eigenvalue weighted by Gasteiger charge is 2.46. The van der Waals surface area contributed by atoms with Gasteiger partial charge in [-0.1, -0.05) is 76.2 Å². The summed E-state index contributed by atoms with van der Waals surface area (Å²) in [7, 11) is 0. The summed E-state index contributed by atoms with van der Waals surface area (Å²) in [6.07, 6.45) is 2.58. The molecule has 0 atom stereocenters. The van der Waals surface area contributed by atoms with Crippen molar-refractivity contribution in [1.82, 2.24) is 0 Å². The molecule has 0 nitrogen and oxygen atoms in total. The van der Waals surface area contributed by atoms with Crippen LogP contribution in [-0.2, 0) is 0 Å². The predicted molar refractivity (Wildman–Crippen MR) is 96.2 cm³/mol. The number of rotatable bonds is 2. The minimum absolute atomic E-state index is 0.410. The number of hydrogen-bond acceptors (Lipinski definition) is 0. The molecule has 0 heterocycles. The van der Waals surface area contributed by atoms with Crippen molar-refractivity contribution in [2.24, 2.45) is 10.8 Å². The lowest BCUT2D eigenvalue weighted by atomic mass is 9.71. The van der Waals surface area contributed by atoms with E-state index in [0.29, 0.717) is 16.7 Å². The second-order valence-electron chi connectivity index (χ2n) is 8.26. The fraction of sp³-hybridized carbons (Fsp3) is 0.455. The highest BCUT2D eigenvalue weighted by molar-refractivity contribution is 5.68. The molecule has 0 radical (unpaired) electrons. The van der Waals surface area contributed by atoms with E-state index in [0.717, 1.165) is 0 Å². The first-order valence-corrected chi connectivity index (χ1v) is 8.47. The van der Waals surface area contributed by atoms with Gasteiger partial charge in [-0.25, -0.2) is 0 Å². The smallest absolute Gasteiger partial charge is 0.0149 e. The fourth-order valence-corrected chi connectivity index (χ4v) is 4.10. The molecule has 22 heavy (non-hydrogen) atoms. The van der Waals surface area contributed by atoms with Crippen LogP contribution in [0.3, 0.4) is 0 Å². The first-order chi connectivity index (χ1) is 10.3. The van der Waals surface area contributed by atoms with Gasteiger partial charge in [0, 0.05) is 0 Å². The molecule has 2 aromatic rings. The third-order valence-electron chi connectivity index (χ3n) is 6.25. The molecule has 0 bridgehead atoms. The van der Waals surface area contributed by atoms with Crippen molar-refractivity contribution in [3.05, 3.63) is 59.7 Å². The highest BCUT2D eigenvalue weighted by atomic mass is 14.5. The topological polar surface area (TPSA) is 0 Å². The number of benzene rings is 2. The zero-order valence-corrected chi connectivity index (χ0v) is 14.6. The molecule has 0 N–H and O–H groups in total. The maximum absolute atomic E-state index is 2.43. The van der Waals surface area contributed by atoms with Crippen LogP contribution in [0.25, 0.3) is 11.1 Å². The molecule has 0 amide bonds. The SMILES string of the molecule is Cc1c(-c2ccccc2)cccc1C1CC(C)(C)C(C)(C)C1. The van der Waals surface area contributed by atoms with Crippen LogP contribution >= 0.6 is 0 Å². The first-order valence-electron chi connectivity index (χ1n) is 8.47. The van der Waals surface area contributed by atoms with Crippen molar-refractivity contribution < 1.29 is 0 Å². The normalized spacial score (nSPS) is 20.2. The quantitative estimate of drug-likeness (QED) is 0.585. The van der Waals surface area contributed by atoms with Gasteiger partial charge in [0.25, 0.3) is 0 Å². The molecule has 0 aromatic heterocycles. The van der Waals surface area contributed by atoms with E-state index < -0.39 is 0 Å². The van der Waals surface area contributed by atoms with Crippen LogP contribution in [0.15, 0.2) is 48.5 Å². The molecule has 3 rings (SSSR count). The molecule has 116 valence electrons. The summed E-state index contributed by atoms with van der Waals surface area (Å²) in [6.45, 7) is 12.0. The fourth-order valence-electron chi connectivity index (χ4n) is 4.10. The van der Waals surface area contributed by atoms with Crippen molar-refractivity contribution in [3.8, 4) is 11.1 Å². The molecule has 0 saturated heterocycles. The van der Waals surface area contributed by atoms with Crippen LogP contribution in [0.1, 0.15) is 57.6 Å². The van der Waals surface area contributed by atoms with E-state index in [1.807, 2.05) is 0 Å². The molecule has 0 spiro atoms. The average molecular weight is 292 g/mol. The van der Waals surface area contributed by atoms with Crippen LogP contribution in [-0.4, -0.2) is 0 Å². The van der Waals surface area contributed by atoms with Gasteiger partial charge in [0.1, 0.15) is 0 Å². The molecule has 1 aliphatic carbocycles. The summed E-state index contributed by atoms with van der Waals surface area (Å²) in [6, 6.07) is 17.6. The summed E-state index contributed by atoms with van der Waals surface area (Å²) >= 11 is 0. The molecule has 2 aromatic carbocycles. The Labute approximate surface area is 135 Å². The van der Waals surface area contributed by atoms with Crippen LogP contribution in [0.5, 0.6) is 0 Å². The molecule has 1 fully saturated rings. The molecular formula is C22H28. The van der Waals surface area contributed by atoms with E-state index in [9.17, 15) is 0 Å². The second-order valence-corrected chi connectivity index (χ2v) is 8.26. The van der Waals surface area contributed by atoms with Gasteiger partial charge in [0.15, 0.2) is 0 Å². The van der Waals surface area contributed by atoms with Crippen molar-refractivity contribution in [2.45, 2.75) is 53.4 Å². The second kappa shape index (κ2) is 5.26. The van der Waals surface area contributed by atoms with E-state index in [1.165, 1.54) is 29.5 Å². The Hall–Kier alpha value is -1.56. The van der Waals surface area contributed by atoms with E-state index in [2.05, 4.69) is 83.1 Å². The summed E-state index contributed by atoms with van der Waals surface area (Å²) < 4.78 is 0. The molecular weight excluding hydrogens is 264 g/mol. The van der Waals surface area contributed by atoms with E-state index in [4.69, 9.17) is 0 Å². The highest BCUT2D eigenvalue weighted by Crippen LogP contribution is 2.58. The van der Waals surface area contributed by atoms with E-state index >= 15 is 0 Å². The maximum atomic E-state index is 2.43. The van der Waals surface area contributed by atoms with Crippen molar-refractivity contribution in [2.75, 3.05) is 0 Å². The Morgan fingerprint density at radius 1 is 0.773 bits per heavy atom. The van der Waals surface area contributed by atoms with Gasteiger partial charge >= 0.3 is 0 Å². The lowest BCUT2D eigenvalue weighted by Gasteiger charge is -2.34. The Bertz CT molecular complexity index is 646. The van der Waals surface area contributed by atoms with Gasteiger partial charge < -0.3 is 0 Å². The summed E-state index contributed by atoms with van der Waals surface area (Å²) in [4.78, 5) is 0. The van der Waals surface area contributed by atoms with Gasteiger partial charge in [-0.15, -0.1) is 0 Å². The van der Waals surface area contributed by atoms with Crippen LogP contribution in [0, 0.1) is 17.8 Å². The summed E-state index contributed by atoms with van der Waals surface area (Å²) in [5.74, 6) is 0.689. The van der Waals surface area contributed by atoms with Crippen LogP contribution in [0.2, 0.25) is 0 Å². The van der Waals surface area contributed by atoms with Crippen molar-refractivity contribution in [3.63, 3.8) is 0 Å². The lowest BCUT2D eigenvalue weighted by molar-refractivity contribution is 0.157. The van der Waals surface area contributed by atoms with Crippen molar-refractivity contribution >= 4 is 0 Å². The standard InChI is InChI=1S/C22H28/c1-16-19(17-10-7-6-8-11-17)12-9-13-20(16)18-14-21(2,3)22(4,5)15-18/h6-13,18H,14-15H2,1-5H3. The zero-order valence-electron chi connectivity index (χ0n) is 14.6. The van der Waals surface area contributed by atoms with Gasteiger partial charge in [0.2, 0.25) is 0 Å². The average Bonchev–Trinajstić information content (AvgIpc) is 2.68. The Morgan fingerprint density at radius 3 is 1.95 bits per heavy atom. The van der Waals surface area contributed by atoms with E-state index in [1.54, 1.807) is 5.56 Å². The monoisotopic (exact) mass is 292 g/mol. The third-order valence-corrected chi connectivity index (χ3v) is 6.25. The van der Waals surface area contributed by atoms with Crippen LogP contribution < -0.4 is 0 Å². The first kappa shape index (κ1) is 15.3. The van der Waals surface area contributed by atoms with Crippen molar-refractivity contribution in [1.29, 1.82) is 0 Å². The Morgan fingerprint density at radius 2 is 1.36 bits per heavy atom. The molecule has 1 aliphatic rings. The summed E-state index contributed by atoms with van der Waals surface area (Å²) in [5, 5.41) is 0. The van der Waals surface area contributed by atoms with Crippen LogP contribution in [0.4, 0.5) is 0 Å². The molecule has 0 heteroatoms. The molecule has 1 saturated carbocycles. The molecule has 0 aliphatic heterocycles. The zero-order chi connectivity index (χ0) is 16.0. The van der Waals surface area contributed by atoms with Gasteiger partial charge in [-0.3, -0.25) is 0 Å². The van der Waals surface area contributed by atoms with Gasteiger partial charge in [-0.05, 0) is 58.8 Å². The number of hydrogen-bond donors (Lipinski definition) is 0. The van der Waals surface area contributed by atoms with E-state index in [-0.39, 0.29) is 0 Å². The lowest BCUT2D eigenvalue weighted by Crippen LogP contribution is -2.25. The predicted octanol–water partition coefficient (Wildman–Crippen LogP) is 6.59. The van der Waals surface area contributed by atoms with Gasteiger partial charge in [0.05, 0.1) is 0 Å². The maximum Gasteiger partial charge on any atom is -0.0149 e. The summed E-state index contributed by atoms with van der Waals surface area (Å²) in [5.41, 5.74) is 6.56. The Kier molecular flexibility index (Phi) is 3.67. The third kappa shape index (κ3) is 2.49.